The first-order valence-electron chi connectivity index (χ1n) is 6.37. The van der Waals surface area contributed by atoms with Gasteiger partial charge >= 0.3 is 5.97 Å². The lowest BCUT2D eigenvalue weighted by atomic mass is 10.0. The van der Waals surface area contributed by atoms with Crippen LogP contribution in [0.4, 0.5) is 11.8 Å². The normalized spacial score (nSPS) is 10.5. The van der Waals surface area contributed by atoms with E-state index >= 15 is 0 Å². The molecule has 0 spiro atoms. The Morgan fingerprint density at radius 2 is 1.81 bits per heavy atom. The van der Waals surface area contributed by atoms with E-state index in [0.717, 1.165) is 18.4 Å². The van der Waals surface area contributed by atoms with Crippen molar-refractivity contribution in [2.45, 2.75) is 19.3 Å². The number of halogens is 1. The van der Waals surface area contributed by atoms with E-state index in [0.29, 0.717) is 17.8 Å². The summed E-state index contributed by atoms with van der Waals surface area (Å²) in [4.78, 5) is 18.5. The molecule has 0 saturated heterocycles. The zero-order valence-electron chi connectivity index (χ0n) is 11.2. The van der Waals surface area contributed by atoms with Crippen LogP contribution in [-0.4, -0.2) is 21.0 Å². The minimum absolute atomic E-state index is 0.0607. The van der Waals surface area contributed by atoms with Crippen molar-refractivity contribution in [2.75, 3.05) is 11.5 Å². The van der Waals surface area contributed by atoms with E-state index in [-0.39, 0.29) is 16.7 Å². The third-order valence-corrected chi connectivity index (χ3v) is 3.41. The van der Waals surface area contributed by atoms with Crippen LogP contribution in [0.15, 0.2) is 24.3 Å². The van der Waals surface area contributed by atoms with Crippen LogP contribution in [0.3, 0.4) is 0 Å². The predicted octanol–water partition coefficient (Wildman–Crippen LogP) is 2.17. The third kappa shape index (κ3) is 3.82. The Morgan fingerprint density at radius 3 is 2.38 bits per heavy atom. The number of hydrogen-bond acceptors (Lipinski definition) is 5. The molecule has 1 aromatic carbocycles. The molecule has 0 saturated carbocycles. The maximum Gasteiger partial charge on any atom is 0.335 e. The van der Waals surface area contributed by atoms with Gasteiger partial charge in [-0.05, 0) is 37.0 Å². The van der Waals surface area contributed by atoms with Crippen molar-refractivity contribution < 1.29 is 9.90 Å². The second-order valence-electron chi connectivity index (χ2n) is 4.59. The fourth-order valence-electron chi connectivity index (χ4n) is 2.00. The Bertz CT molecular complexity index is 636. The number of nitrogens with two attached hydrogens (primary N) is 2. The molecule has 0 aliphatic heterocycles. The van der Waals surface area contributed by atoms with Crippen LogP contribution < -0.4 is 11.5 Å². The number of carboxylic acids is 1. The van der Waals surface area contributed by atoms with Gasteiger partial charge in [0.15, 0.2) is 0 Å². The van der Waals surface area contributed by atoms with Gasteiger partial charge in [0.25, 0.3) is 0 Å². The first-order chi connectivity index (χ1) is 9.97. The van der Waals surface area contributed by atoms with E-state index in [1.165, 1.54) is 0 Å². The average molecular weight is 307 g/mol. The molecule has 110 valence electrons. The largest absolute Gasteiger partial charge is 0.478 e. The number of carbonyl (C=O) groups is 1. The highest BCUT2D eigenvalue weighted by Crippen LogP contribution is 2.22. The molecule has 0 aliphatic rings. The fraction of sp³-hybridized carbons (Fsp3) is 0.214. The lowest BCUT2D eigenvalue weighted by Gasteiger charge is -2.07. The van der Waals surface area contributed by atoms with Gasteiger partial charge in [0.2, 0.25) is 5.95 Å². The van der Waals surface area contributed by atoms with Crippen molar-refractivity contribution in [3.05, 3.63) is 46.1 Å². The Labute approximate surface area is 126 Å². The van der Waals surface area contributed by atoms with Gasteiger partial charge in [-0.2, -0.15) is 4.98 Å². The molecule has 2 rings (SSSR count). The number of nitrogens with zero attached hydrogens (tertiary/aromatic N) is 2. The average Bonchev–Trinajstić information content (AvgIpc) is 2.42. The fourth-order valence-corrected chi connectivity index (χ4v) is 2.28. The van der Waals surface area contributed by atoms with Crippen LogP contribution in [0.2, 0.25) is 5.15 Å². The Morgan fingerprint density at radius 1 is 1.14 bits per heavy atom. The van der Waals surface area contributed by atoms with Gasteiger partial charge in [0.05, 0.1) is 5.56 Å². The molecule has 0 amide bonds. The minimum Gasteiger partial charge on any atom is -0.478 e. The third-order valence-electron chi connectivity index (χ3n) is 3.10. The molecule has 1 aromatic heterocycles. The van der Waals surface area contributed by atoms with Gasteiger partial charge in [-0.15, -0.1) is 0 Å². The van der Waals surface area contributed by atoms with Crippen molar-refractivity contribution in [3.63, 3.8) is 0 Å². The number of aromatic carboxylic acids is 1. The summed E-state index contributed by atoms with van der Waals surface area (Å²) in [5, 5.41) is 9.11. The van der Waals surface area contributed by atoms with Crippen molar-refractivity contribution in [1.82, 2.24) is 9.97 Å². The van der Waals surface area contributed by atoms with Crippen LogP contribution >= 0.6 is 11.6 Å². The first-order valence-corrected chi connectivity index (χ1v) is 6.74. The highest BCUT2D eigenvalue weighted by atomic mass is 35.5. The summed E-state index contributed by atoms with van der Waals surface area (Å²) in [6.45, 7) is 0. The van der Waals surface area contributed by atoms with Crippen molar-refractivity contribution in [2.24, 2.45) is 0 Å². The van der Waals surface area contributed by atoms with E-state index < -0.39 is 5.97 Å². The first kappa shape index (κ1) is 15.1. The van der Waals surface area contributed by atoms with E-state index in [4.69, 9.17) is 28.2 Å². The number of carboxylic acid groups (broad SMARTS) is 1. The second-order valence-corrected chi connectivity index (χ2v) is 4.95. The number of rotatable bonds is 5. The number of aryl methyl sites for hydroxylation is 1. The van der Waals surface area contributed by atoms with Crippen molar-refractivity contribution >= 4 is 29.3 Å². The molecule has 7 heteroatoms. The van der Waals surface area contributed by atoms with Gasteiger partial charge in [-0.25, -0.2) is 9.78 Å². The number of aromatic nitrogens is 2. The summed E-state index contributed by atoms with van der Waals surface area (Å²) in [6.07, 6.45) is 2.20. The van der Waals surface area contributed by atoms with Crippen molar-refractivity contribution in [1.29, 1.82) is 0 Å². The smallest absolute Gasteiger partial charge is 0.335 e. The number of nitrogen functional groups attached to an aromatic ring is 2. The molecule has 21 heavy (non-hydrogen) atoms. The zero-order chi connectivity index (χ0) is 15.4. The van der Waals surface area contributed by atoms with E-state index in [9.17, 15) is 4.79 Å². The molecular formula is C14H15ClN4O2. The minimum atomic E-state index is -0.930. The Kier molecular flexibility index (Phi) is 4.59. The number of benzene rings is 1. The van der Waals surface area contributed by atoms with E-state index in [1.807, 2.05) is 0 Å². The van der Waals surface area contributed by atoms with E-state index in [1.54, 1.807) is 24.3 Å². The summed E-state index contributed by atoms with van der Waals surface area (Å²) in [7, 11) is 0. The van der Waals surface area contributed by atoms with Crippen LogP contribution in [0.1, 0.15) is 27.9 Å². The van der Waals surface area contributed by atoms with Crippen LogP contribution in [0.25, 0.3) is 0 Å². The van der Waals surface area contributed by atoms with Crippen LogP contribution in [0.5, 0.6) is 0 Å². The topological polar surface area (TPSA) is 115 Å². The lowest BCUT2D eigenvalue weighted by Crippen LogP contribution is -2.05. The Hall–Kier alpha value is -2.34. The molecule has 0 radical (unpaired) electrons. The van der Waals surface area contributed by atoms with Gasteiger partial charge < -0.3 is 16.6 Å². The molecule has 0 atom stereocenters. The number of hydrogen-bond donors (Lipinski definition) is 3. The summed E-state index contributed by atoms with van der Waals surface area (Å²) >= 11 is 6.00. The molecule has 0 bridgehead atoms. The zero-order valence-corrected chi connectivity index (χ0v) is 12.0. The molecule has 0 unspecified atom stereocenters. The Balaban J connectivity index is 1.97. The monoisotopic (exact) mass is 306 g/mol. The second kappa shape index (κ2) is 6.41. The van der Waals surface area contributed by atoms with Gasteiger partial charge in [-0.3, -0.25) is 0 Å². The molecule has 0 fully saturated rings. The van der Waals surface area contributed by atoms with Gasteiger partial charge in [0, 0.05) is 5.56 Å². The summed E-state index contributed by atoms with van der Waals surface area (Å²) in [5.74, 6) is -0.570. The SMILES string of the molecule is Nc1nc(N)c(CCCc2ccc(C(=O)O)cc2)c(Cl)n1. The molecule has 0 aliphatic carbocycles. The van der Waals surface area contributed by atoms with Crippen molar-refractivity contribution in [3.8, 4) is 0 Å². The summed E-state index contributed by atoms with van der Waals surface area (Å²) in [6, 6.07) is 6.78. The molecule has 1 heterocycles. The summed E-state index contributed by atoms with van der Waals surface area (Å²) in [5.41, 5.74) is 13.2. The van der Waals surface area contributed by atoms with Gasteiger partial charge in [0.1, 0.15) is 11.0 Å². The maximum absolute atomic E-state index is 10.8. The van der Waals surface area contributed by atoms with Crippen LogP contribution in [0, 0.1) is 0 Å². The predicted molar refractivity (Wildman–Crippen MR) is 81.3 cm³/mol. The molecular weight excluding hydrogens is 292 g/mol. The molecule has 5 N–H and O–H groups in total. The number of anilines is 2. The lowest BCUT2D eigenvalue weighted by molar-refractivity contribution is 0.0697. The summed E-state index contributed by atoms with van der Waals surface area (Å²) < 4.78 is 0. The highest BCUT2D eigenvalue weighted by molar-refractivity contribution is 6.30. The standard InChI is InChI=1S/C14H15ClN4O2/c15-11-10(12(16)19-14(17)18-11)3-1-2-8-4-6-9(7-5-8)13(20)21/h4-7H,1-3H2,(H,20,21)(H4,16,17,18,19). The molecule has 2 aromatic rings. The maximum atomic E-state index is 10.8. The molecule has 6 nitrogen and oxygen atoms in total. The quantitative estimate of drug-likeness (QED) is 0.729. The highest BCUT2D eigenvalue weighted by Gasteiger charge is 2.09. The van der Waals surface area contributed by atoms with Gasteiger partial charge in [-0.1, -0.05) is 23.7 Å². The van der Waals surface area contributed by atoms with Crippen LogP contribution in [-0.2, 0) is 12.8 Å². The van der Waals surface area contributed by atoms with E-state index in [2.05, 4.69) is 9.97 Å².